The first kappa shape index (κ1) is 16.3. The van der Waals surface area contributed by atoms with Gasteiger partial charge in [-0.2, -0.15) is 5.10 Å². The highest BCUT2D eigenvalue weighted by Gasteiger charge is 2.24. The van der Waals surface area contributed by atoms with Crippen molar-refractivity contribution in [3.8, 4) is 11.3 Å². The van der Waals surface area contributed by atoms with E-state index in [0.29, 0.717) is 10.7 Å². The Kier molecular flexibility index (Phi) is 4.60. The molecule has 0 atom stereocenters. The van der Waals surface area contributed by atoms with E-state index in [0.717, 1.165) is 37.6 Å². The Hall–Kier alpha value is -1.59. The van der Waals surface area contributed by atoms with E-state index < -0.39 is 11.8 Å². The molecule has 1 aliphatic heterocycles. The van der Waals surface area contributed by atoms with Crippen LogP contribution in [0.3, 0.4) is 0 Å². The quantitative estimate of drug-likeness (QED) is 0.760. The zero-order valence-electron chi connectivity index (χ0n) is 12.5. The van der Waals surface area contributed by atoms with E-state index in [2.05, 4.69) is 5.10 Å². The van der Waals surface area contributed by atoms with Crippen molar-refractivity contribution in [2.75, 3.05) is 6.61 Å². The van der Waals surface area contributed by atoms with E-state index in [-0.39, 0.29) is 22.8 Å². The summed E-state index contributed by atoms with van der Waals surface area (Å²) in [6.45, 7) is 2.66. The van der Waals surface area contributed by atoms with Crippen molar-refractivity contribution >= 4 is 29.2 Å². The maximum absolute atomic E-state index is 14.4. The number of aryl methyl sites for hydroxylation is 1. The molecule has 1 aromatic heterocycles. The molecule has 7 heteroatoms. The third-order valence-electron chi connectivity index (χ3n) is 3.83. The molecule has 3 rings (SSSR count). The lowest BCUT2D eigenvalue weighted by atomic mass is 10.1. The van der Waals surface area contributed by atoms with E-state index in [1.165, 1.54) is 6.07 Å². The molecule has 1 aromatic carbocycles. The van der Waals surface area contributed by atoms with Crippen LogP contribution in [-0.2, 0) is 17.7 Å². The molecule has 0 radical (unpaired) electrons. The number of carbonyl (C=O) groups is 1. The first-order chi connectivity index (χ1) is 11.0. The van der Waals surface area contributed by atoms with Crippen LogP contribution in [0.5, 0.6) is 0 Å². The predicted molar refractivity (Wildman–Crippen MR) is 86.5 cm³/mol. The van der Waals surface area contributed by atoms with Gasteiger partial charge in [-0.3, -0.25) is 4.68 Å². The van der Waals surface area contributed by atoms with Crippen molar-refractivity contribution < 1.29 is 13.9 Å². The number of rotatable bonds is 3. The van der Waals surface area contributed by atoms with E-state index >= 15 is 0 Å². The van der Waals surface area contributed by atoms with Crippen LogP contribution in [0.25, 0.3) is 11.3 Å². The minimum Gasteiger partial charge on any atom is -0.462 e. The number of nitrogens with zero attached hydrogens (tertiary/aromatic N) is 2. The second-order valence-electron chi connectivity index (χ2n) is 5.32. The van der Waals surface area contributed by atoms with Gasteiger partial charge in [0.05, 0.1) is 27.9 Å². The molecule has 0 bridgehead atoms. The van der Waals surface area contributed by atoms with Gasteiger partial charge in [0, 0.05) is 12.1 Å². The van der Waals surface area contributed by atoms with Crippen molar-refractivity contribution in [2.45, 2.75) is 32.7 Å². The normalized spacial score (nSPS) is 13.7. The summed E-state index contributed by atoms with van der Waals surface area (Å²) in [5.41, 5.74) is 1.50. The molecule has 23 heavy (non-hydrogen) atoms. The number of esters is 1. The fraction of sp³-hybridized carbons (Fsp3) is 0.375. The lowest BCUT2D eigenvalue weighted by Gasteiger charge is -2.12. The van der Waals surface area contributed by atoms with Gasteiger partial charge in [0.15, 0.2) is 0 Å². The van der Waals surface area contributed by atoms with Crippen LogP contribution >= 0.6 is 23.2 Å². The largest absolute Gasteiger partial charge is 0.462 e. The van der Waals surface area contributed by atoms with Gasteiger partial charge in [-0.1, -0.05) is 23.2 Å². The maximum Gasteiger partial charge on any atom is 0.339 e. The van der Waals surface area contributed by atoms with Crippen LogP contribution in [0.15, 0.2) is 12.1 Å². The number of aromatic nitrogens is 2. The summed E-state index contributed by atoms with van der Waals surface area (Å²) in [5.74, 6) is -1.17. The highest BCUT2D eigenvalue weighted by atomic mass is 35.5. The lowest BCUT2D eigenvalue weighted by molar-refractivity contribution is 0.0526. The first-order valence-corrected chi connectivity index (χ1v) is 8.20. The number of hydrogen-bond acceptors (Lipinski definition) is 3. The zero-order chi connectivity index (χ0) is 16.6. The van der Waals surface area contributed by atoms with Crippen LogP contribution in [-0.4, -0.2) is 22.4 Å². The molecule has 2 aromatic rings. The van der Waals surface area contributed by atoms with E-state index in [1.54, 1.807) is 11.6 Å². The molecule has 0 spiro atoms. The molecule has 0 fully saturated rings. The smallest absolute Gasteiger partial charge is 0.339 e. The van der Waals surface area contributed by atoms with Crippen LogP contribution in [0.2, 0.25) is 10.0 Å². The number of carbonyl (C=O) groups excluding carboxylic acids is 1. The van der Waals surface area contributed by atoms with Gasteiger partial charge in [-0.25, -0.2) is 9.18 Å². The Morgan fingerprint density at radius 1 is 1.39 bits per heavy atom. The second-order valence-corrected chi connectivity index (χ2v) is 6.11. The van der Waals surface area contributed by atoms with Gasteiger partial charge < -0.3 is 4.74 Å². The summed E-state index contributed by atoms with van der Waals surface area (Å²) >= 11 is 12.3. The summed E-state index contributed by atoms with van der Waals surface area (Å²) in [6.07, 6.45) is 2.86. The number of hydrogen-bond donors (Lipinski definition) is 0. The molecule has 4 nitrogen and oxygen atoms in total. The van der Waals surface area contributed by atoms with Crippen molar-refractivity contribution in [1.82, 2.24) is 9.78 Å². The fourth-order valence-electron chi connectivity index (χ4n) is 2.72. The van der Waals surface area contributed by atoms with E-state index in [9.17, 15) is 9.18 Å². The molecule has 1 aliphatic rings. The van der Waals surface area contributed by atoms with Crippen LogP contribution in [0.4, 0.5) is 4.39 Å². The standard InChI is InChI=1S/C16H15Cl2FN2O2/c1-2-23-16(22)9-7-10(12(19)8-11(9)17)15-14(18)13-5-3-4-6-21(13)20-15/h7-8H,2-6H2,1H3. The third kappa shape index (κ3) is 2.95. The van der Waals surface area contributed by atoms with Gasteiger partial charge in [-0.05, 0) is 38.3 Å². The summed E-state index contributed by atoms with van der Waals surface area (Å²) in [4.78, 5) is 12.0. The summed E-state index contributed by atoms with van der Waals surface area (Å²) < 4.78 is 21.1. The average Bonchev–Trinajstić information content (AvgIpc) is 2.85. The minimum atomic E-state index is -0.598. The average molecular weight is 357 g/mol. The molecular weight excluding hydrogens is 342 g/mol. The number of halogens is 3. The monoisotopic (exact) mass is 356 g/mol. The summed E-state index contributed by atoms with van der Waals surface area (Å²) in [5, 5.41) is 4.84. The molecule has 122 valence electrons. The van der Waals surface area contributed by atoms with Crippen molar-refractivity contribution in [2.24, 2.45) is 0 Å². The molecule has 0 saturated heterocycles. The Bertz CT molecular complexity index is 774. The molecule has 2 heterocycles. The summed E-state index contributed by atoms with van der Waals surface area (Å²) in [6, 6.07) is 2.45. The Labute approximate surface area is 143 Å². The zero-order valence-corrected chi connectivity index (χ0v) is 14.0. The molecule has 0 unspecified atom stereocenters. The predicted octanol–water partition coefficient (Wildman–Crippen LogP) is 4.51. The second kappa shape index (κ2) is 6.49. The fourth-order valence-corrected chi connectivity index (χ4v) is 3.28. The number of fused-ring (bicyclic) bond motifs is 1. The Morgan fingerprint density at radius 2 is 2.17 bits per heavy atom. The van der Waals surface area contributed by atoms with E-state index in [4.69, 9.17) is 27.9 Å². The van der Waals surface area contributed by atoms with Crippen LogP contribution in [0.1, 0.15) is 35.8 Å². The van der Waals surface area contributed by atoms with Gasteiger partial charge in [0.2, 0.25) is 0 Å². The molecule has 0 N–H and O–H groups in total. The highest BCUT2D eigenvalue weighted by Crippen LogP contribution is 2.36. The minimum absolute atomic E-state index is 0.00444. The molecule has 0 amide bonds. The third-order valence-corrected chi connectivity index (χ3v) is 4.54. The number of ether oxygens (including phenoxy) is 1. The topological polar surface area (TPSA) is 44.1 Å². The molecular formula is C16H15Cl2FN2O2. The molecule has 0 aliphatic carbocycles. The van der Waals surface area contributed by atoms with Crippen molar-refractivity contribution in [3.63, 3.8) is 0 Å². The van der Waals surface area contributed by atoms with Gasteiger partial charge in [-0.15, -0.1) is 0 Å². The van der Waals surface area contributed by atoms with E-state index in [1.807, 2.05) is 0 Å². The Balaban J connectivity index is 2.11. The molecule has 0 saturated carbocycles. The Morgan fingerprint density at radius 3 is 2.87 bits per heavy atom. The SMILES string of the molecule is CCOC(=O)c1cc(-c2nn3c(c2Cl)CCCC3)c(F)cc1Cl. The highest BCUT2D eigenvalue weighted by molar-refractivity contribution is 6.34. The summed E-state index contributed by atoms with van der Waals surface area (Å²) in [7, 11) is 0. The lowest BCUT2D eigenvalue weighted by Crippen LogP contribution is -2.11. The van der Waals surface area contributed by atoms with Crippen molar-refractivity contribution in [3.05, 3.63) is 39.3 Å². The maximum atomic E-state index is 14.4. The van der Waals surface area contributed by atoms with Crippen LogP contribution < -0.4 is 0 Å². The van der Waals surface area contributed by atoms with Crippen molar-refractivity contribution in [1.29, 1.82) is 0 Å². The number of benzene rings is 1. The van der Waals surface area contributed by atoms with Gasteiger partial charge in [0.25, 0.3) is 0 Å². The van der Waals surface area contributed by atoms with Crippen LogP contribution in [0, 0.1) is 5.82 Å². The van der Waals surface area contributed by atoms with Gasteiger partial charge in [0.1, 0.15) is 11.5 Å². The van der Waals surface area contributed by atoms with Gasteiger partial charge >= 0.3 is 5.97 Å². The first-order valence-electron chi connectivity index (χ1n) is 7.44.